The van der Waals surface area contributed by atoms with Crippen LogP contribution in [0, 0.1) is 13.8 Å². The zero-order chi connectivity index (χ0) is 18.3. The van der Waals surface area contributed by atoms with Gasteiger partial charge in [-0.05, 0) is 37.6 Å². The van der Waals surface area contributed by atoms with Crippen LogP contribution in [-0.2, 0) is 0 Å². The number of rotatable bonds is 3. The number of fused-ring (bicyclic) bond motifs is 1. The summed E-state index contributed by atoms with van der Waals surface area (Å²) in [5, 5.41) is 6.04. The maximum atomic E-state index is 12.7. The van der Waals surface area contributed by atoms with Gasteiger partial charge in [0.2, 0.25) is 0 Å². The van der Waals surface area contributed by atoms with Gasteiger partial charge in [-0.15, -0.1) is 22.7 Å². The molecule has 4 aromatic heterocycles. The highest BCUT2D eigenvalue weighted by atomic mass is 32.1. The molecule has 4 heterocycles. The SMILES string of the molecule is Cc1cc(C)c2c(N)c(C(=O)Nc3nc(-c4ccccn4)cs3)sc2n1. The van der Waals surface area contributed by atoms with Crippen molar-refractivity contribution in [1.29, 1.82) is 0 Å². The molecule has 130 valence electrons. The molecular formula is C18H15N5OS2. The molecule has 0 aliphatic heterocycles. The van der Waals surface area contributed by atoms with E-state index in [0.717, 1.165) is 32.9 Å². The number of hydrogen-bond donors (Lipinski definition) is 2. The summed E-state index contributed by atoms with van der Waals surface area (Å²) in [4.78, 5) is 27.1. The van der Waals surface area contributed by atoms with Crippen LogP contribution in [0.15, 0.2) is 35.8 Å². The number of nitrogen functional groups attached to an aromatic ring is 1. The first-order chi connectivity index (χ1) is 12.5. The lowest BCUT2D eigenvalue weighted by Gasteiger charge is -2.01. The molecule has 4 aromatic rings. The number of nitrogens with zero attached hydrogens (tertiary/aromatic N) is 3. The molecule has 4 rings (SSSR count). The van der Waals surface area contributed by atoms with Crippen LogP contribution in [0.4, 0.5) is 10.8 Å². The third-order valence-electron chi connectivity index (χ3n) is 3.88. The molecule has 0 atom stereocenters. The Morgan fingerprint density at radius 2 is 2.04 bits per heavy atom. The van der Waals surface area contributed by atoms with Gasteiger partial charge in [-0.25, -0.2) is 9.97 Å². The lowest BCUT2D eigenvalue weighted by molar-refractivity contribution is 0.103. The molecule has 0 unspecified atom stereocenters. The summed E-state index contributed by atoms with van der Waals surface area (Å²) in [7, 11) is 0. The first-order valence-electron chi connectivity index (χ1n) is 7.87. The van der Waals surface area contributed by atoms with Gasteiger partial charge in [-0.3, -0.25) is 15.1 Å². The van der Waals surface area contributed by atoms with Crippen molar-refractivity contribution >= 4 is 49.6 Å². The number of carbonyl (C=O) groups is 1. The number of nitrogens with two attached hydrogens (primary N) is 1. The lowest BCUT2D eigenvalue weighted by atomic mass is 10.1. The largest absolute Gasteiger partial charge is 0.397 e. The zero-order valence-corrected chi connectivity index (χ0v) is 15.7. The van der Waals surface area contributed by atoms with Gasteiger partial charge in [0.1, 0.15) is 15.4 Å². The number of thiophene rings is 1. The Morgan fingerprint density at radius 1 is 1.19 bits per heavy atom. The summed E-state index contributed by atoms with van der Waals surface area (Å²) in [6, 6.07) is 7.59. The number of amides is 1. The summed E-state index contributed by atoms with van der Waals surface area (Å²) in [6.07, 6.45) is 1.71. The molecule has 0 aliphatic rings. The molecule has 0 saturated carbocycles. The van der Waals surface area contributed by atoms with E-state index in [9.17, 15) is 4.79 Å². The molecule has 0 aromatic carbocycles. The van der Waals surface area contributed by atoms with Gasteiger partial charge in [0.25, 0.3) is 5.91 Å². The van der Waals surface area contributed by atoms with E-state index in [1.807, 2.05) is 43.5 Å². The molecule has 0 saturated heterocycles. The minimum Gasteiger partial charge on any atom is -0.397 e. The second-order valence-corrected chi connectivity index (χ2v) is 7.67. The number of thiazole rings is 1. The molecule has 0 aliphatic carbocycles. The number of anilines is 2. The van der Waals surface area contributed by atoms with Crippen molar-refractivity contribution in [2.45, 2.75) is 13.8 Å². The molecule has 0 spiro atoms. The minimum absolute atomic E-state index is 0.274. The monoisotopic (exact) mass is 381 g/mol. The third-order valence-corrected chi connectivity index (χ3v) is 5.74. The number of aromatic nitrogens is 3. The van der Waals surface area contributed by atoms with E-state index >= 15 is 0 Å². The van der Waals surface area contributed by atoms with E-state index in [0.29, 0.717) is 15.7 Å². The van der Waals surface area contributed by atoms with Gasteiger partial charge >= 0.3 is 0 Å². The van der Waals surface area contributed by atoms with Gasteiger partial charge in [0, 0.05) is 22.7 Å². The van der Waals surface area contributed by atoms with Gasteiger partial charge < -0.3 is 5.73 Å². The number of pyridine rings is 2. The second-order valence-electron chi connectivity index (χ2n) is 5.81. The Hall–Kier alpha value is -2.84. The van der Waals surface area contributed by atoms with Crippen LogP contribution in [0.1, 0.15) is 20.9 Å². The van der Waals surface area contributed by atoms with Crippen LogP contribution in [0.25, 0.3) is 21.6 Å². The van der Waals surface area contributed by atoms with Gasteiger partial charge in [0.05, 0.1) is 11.4 Å². The Bertz CT molecular complexity index is 1120. The molecule has 0 bridgehead atoms. The maximum Gasteiger partial charge on any atom is 0.269 e. The summed E-state index contributed by atoms with van der Waals surface area (Å²) in [5.41, 5.74) is 10.1. The van der Waals surface area contributed by atoms with Gasteiger partial charge in [0.15, 0.2) is 5.13 Å². The van der Waals surface area contributed by atoms with Crippen molar-refractivity contribution in [3.05, 3.63) is 52.0 Å². The van der Waals surface area contributed by atoms with Crippen molar-refractivity contribution in [2.24, 2.45) is 0 Å². The van der Waals surface area contributed by atoms with Gasteiger partial charge in [-0.1, -0.05) is 6.07 Å². The summed E-state index contributed by atoms with van der Waals surface area (Å²) in [6.45, 7) is 3.90. The molecule has 1 amide bonds. The summed E-state index contributed by atoms with van der Waals surface area (Å²) < 4.78 is 0. The molecule has 0 fully saturated rings. The van der Waals surface area contributed by atoms with Crippen molar-refractivity contribution in [3.63, 3.8) is 0 Å². The second kappa shape index (κ2) is 6.47. The molecular weight excluding hydrogens is 366 g/mol. The van der Waals surface area contributed by atoms with E-state index in [4.69, 9.17) is 5.73 Å². The molecule has 6 nitrogen and oxygen atoms in total. The summed E-state index contributed by atoms with van der Waals surface area (Å²) in [5.74, 6) is -0.274. The van der Waals surface area contributed by atoms with E-state index < -0.39 is 0 Å². The molecule has 26 heavy (non-hydrogen) atoms. The number of nitrogens with one attached hydrogen (secondary N) is 1. The minimum atomic E-state index is -0.274. The predicted octanol–water partition coefficient (Wildman–Crippen LogP) is 4.27. The van der Waals surface area contributed by atoms with Crippen LogP contribution in [0.5, 0.6) is 0 Å². The van der Waals surface area contributed by atoms with E-state index in [2.05, 4.69) is 20.3 Å². The Kier molecular flexibility index (Phi) is 4.14. The van der Waals surface area contributed by atoms with Crippen molar-refractivity contribution in [2.75, 3.05) is 11.1 Å². The zero-order valence-electron chi connectivity index (χ0n) is 14.1. The van der Waals surface area contributed by atoms with Crippen molar-refractivity contribution in [3.8, 4) is 11.4 Å². The average Bonchev–Trinajstić information content (AvgIpc) is 3.20. The highest BCUT2D eigenvalue weighted by molar-refractivity contribution is 7.21. The predicted molar refractivity (Wildman–Crippen MR) is 107 cm³/mol. The standard InChI is InChI=1S/C18H15N5OS2/c1-9-7-10(2)21-17-13(9)14(19)15(26-17)16(24)23-18-22-12(8-25-18)11-5-3-4-6-20-11/h3-8H,19H2,1-2H3,(H,22,23,24). The van der Waals surface area contributed by atoms with E-state index in [1.165, 1.54) is 22.7 Å². The summed E-state index contributed by atoms with van der Waals surface area (Å²) >= 11 is 2.65. The Labute approximate surface area is 157 Å². The number of carbonyl (C=O) groups excluding carboxylic acids is 1. The van der Waals surface area contributed by atoms with E-state index in [1.54, 1.807) is 6.20 Å². The smallest absolute Gasteiger partial charge is 0.269 e. The Morgan fingerprint density at radius 3 is 2.81 bits per heavy atom. The number of hydrogen-bond acceptors (Lipinski definition) is 7. The van der Waals surface area contributed by atoms with Crippen LogP contribution in [0.2, 0.25) is 0 Å². The van der Waals surface area contributed by atoms with E-state index in [-0.39, 0.29) is 5.91 Å². The molecule has 0 radical (unpaired) electrons. The van der Waals surface area contributed by atoms with Crippen molar-refractivity contribution in [1.82, 2.24) is 15.0 Å². The van der Waals surface area contributed by atoms with Crippen LogP contribution in [-0.4, -0.2) is 20.9 Å². The highest BCUT2D eigenvalue weighted by Crippen LogP contribution is 2.35. The van der Waals surface area contributed by atoms with Crippen molar-refractivity contribution < 1.29 is 4.79 Å². The Balaban J connectivity index is 1.63. The van der Waals surface area contributed by atoms with Crippen LogP contribution in [0.3, 0.4) is 0 Å². The lowest BCUT2D eigenvalue weighted by Crippen LogP contribution is -2.11. The molecule has 3 N–H and O–H groups in total. The fourth-order valence-corrected chi connectivity index (χ4v) is 4.57. The highest BCUT2D eigenvalue weighted by Gasteiger charge is 2.20. The van der Waals surface area contributed by atoms with Crippen LogP contribution >= 0.6 is 22.7 Å². The normalized spacial score (nSPS) is 11.0. The average molecular weight is 381 g/mol. The topological polar surface area (TPSA) is 93.8 Å². The number of aryl methyl sites for hydroxylation is 2. The first kappa shape index (κ1) is 16.6. The fraction of sp³-hybridized carbons (Fsp3) is 0.111. The first-order valence-corrected chi connectivity index (χ1v) is 9.57. The quantitative estimate of drug-likeness (QED) is 0.553. The third kappa shape index (κ3) is 2.93. The molecule has 8 heteroatoms. The maximum absolute atomic E-state index is 12.7. The van der Waals surface area contributed by atoms with Gasteiger partial charge in [-0.2, -0.15) is 0 Å². The van der Waals surface area contributed by atoms with Crippen LogP contribution < -0.4 is 11.1 Å². The fourth-order valence-electron chi connectivity index (χ4n) is 2.75.